The van der Waals surface area contributed by atoms with Crippen LogP contribution in [-0.4, -0.2) is 29.3 Å². The molecule has 120 valence electrons. The van der Waals surface area contributed by atoms with E-state index in [1.807, 2.05) is 18.2 Å². The van der Waals surface area contributed by atoms with E-state index in [9.17, 15) is 18.3 Å². The van der Waals surface area contributed by atoms with Crippen LogP contribution in [-0.2, 0) is 15.6 Å². The van der Waals surface area contributed by atoms with Gasteiger partial charge in [-0.2, -0.15) is 5.10 Å². The number of carboxylic acids is 1. The lowest BCUT2D eigenvalue weighted by molar-refractivity contribution is 0.0689. The molecule has 0 saturated heterocycles. The minimum absolute atomic E-state index is 0.200. The van der Waals surface area contributed by atoms with Crippen LogP contribution in [0.15, 0.2) is 59.5 Å². The van der Waals surface area contributed by atoms with Crippen molar-refractivity contribution >= 4 is 15.8 Å². The summed E-state index contributed by atoms with van der Waals surface area (Å²) in [6.07, 6.45) is 0. The molecule has 0 unspecified atom stereocenters. The van der Waals surface area contributed by atoms with Crippen LogP contribution in [0.4, 0.5) is 0 Å². The van der Waals surface area contributed by atoms with Crippen molar-refractivity contribution in [1.29, 1.82) is 0 Å². The number of rotatable bonds is 2. The smallest absolute Gasteiger partial charge is 0.356 e. The molecule has 0 fully saturated rings. The first-order valence-electron chi connectivity index (χ1n) is 7.22. The lowest BCUT2D eigenvalue weighted by atomic mass is 10.1. The van der Waals surface area contributed by atoms with Crippen molar-refractivity contribution < 1.29 is 18.3 Å². The van der Waals surface area contributed by atoms with Crippen molar-refractivity contribution in [3.05, 3.63) is 65.9 Å². The highest BCUT2D eigenvalue weighted by molar-refractivity contribution is 7.90. The number of sulfone groups is 1. The van der Waals surface area contributed by atoms with Crippen LogP contribution in [0.1, 0.15) is 16.1 Å². The summed E-state index contributed by atoms with van der Waals surface area (Å²) in [4.78, 5) is 11.8. The second-order valence-electron chi connectivity index (χ2n) is 5.48. The lowest BCUT2D eigenvalue weighted by Gasteiger charge is -2.18. The summed E-state index contributed by atoms with van der Waals surface area (Å²) in [7, 11) is -3.60. The minimum Gasteiger partial charge on any atom is -0.476 e. The molecule has 1 aliphatic rings. The van der Waals surface area contributed by atoms with E-state index in [0.29, 0.717) is 16.9 Å². The van der Waals surface area contributed by atoms with Gasteiger partial charge in [-0.3, -0.25) is 0 Å². The number of hydrogen-bond acceptors (Lipinski definition) is 4. The van der Waals surface area contributed by atoms with Crippen molar-refractivity contribution in [3.63, 3.8) is 0 Å². The van der Waals surface area contributed by atoms with E-state index < -0.39 is 15.8 Å². The number of fused-ring (bicyclic) bond motifs is 3. The third-order valence-corrected chi connectivity index (χ3v) is 5.69. The van der Waals surface area contributed by atoms with Crippen molar-refractivity contribution in [2.45, 2.75) is 10.6 Å². The average Bonchev–Trinajstić information content (AvgIpc) is 2.95. The van der Waals surface area contributed by atoms with Gasteiger partial charge in [0.2, 0.25) is 0 Å². The third-order valence-electron chi connectivity index (χ3n) is 4.00. The first-order chi connectivity index (χ1) is 11.5. The third kappa shape index (κ3) is 2.05. The van der Waals surface area contributed by atoms with E-state index in [4.69, 9.17) is 0 Å². The monoisotopic (exact) mass is 340 g/mol. The summed E-state index contributed by atoms with van der Waals surface area (Å²) < 4.78 is 26.6. The number of nitrogens with zero attached hydrogens (tertiary/aromatic N) is 2. The topological polar surface area (TPSA) is 89.3 Å². The largest absolute Gasteiger partial charge is 0.476 e. The number of carboxylic acid groups (broad SMARTS) is 1. The predicted octanol–water partition coefficient (Wildman–Crippen LogP) is 2.52. The lowest BCUT2D eigenvalue weighted by Crippen LogP contribution is -2.15. The molecule has 1 aromatic heterocycles. The molecule has 0 amide bonds. The number of carbonyl (C=O) groups is 1. The molecule has 0 bridgehead atoms. The van der Waals surface area contributed by atoms with Gasteiger partial charge in [-0.25, -0.2) is 17.9 Å². The summed E-state index contributed by atoms with van der Waals surface area (Å²) in [5.41, 5.74) is 1.67. The second kappa shape index (κ2) is 5.04. The predicted molar refractivity (Wildman–Crippen MR) is 86.8 cm³/mol. The maximum Gasteiger partial charge on any atom is 0.356 e. The van der Waals surface area contributed by atoms with Gasteiger partial charge in [-0.1, -0.05) is 36.4 Å². The number of benzene rings is 2. The van der Waals surface area contributed by atoms with Crippen LogP contribution < -0.4 is 0 Å². The molecule has 2 aromatic carbocycles. The Labute approximate surface area is 137 Å². The van der Waals surface area contributed by atoms with Gasteiger partial charge in [0.1, 0.15) is 0 Å². The van der Waals surface area contributed by atoms with Gasteiger partial charge in [-0.05, 0) is 18.2 Å². The summed E-state index contributed by atoms with van der Waals surface area (Å²) in [5.74, 6) is -1.61. The summed E-state index contributed by atoms with van der Waals surface area (Å²) in [5, 5.41) is 13.6. The van der Waals surface area contributed by atoms with E-state index in [1.54, 1.807) is 30.3 Å². The zero-order valence-corrected chi connectivity index (χ0v) is 13.2. The Bertz CT molecular complexity index is 1070. The van der Waals surface area contributed by atoms with Gasteiger partial charge >= 0.3 is 5.97 Å². The number of para-hydroxylation sites is 1. The molecule has 0 atom stereocenters. The molecule has 7 heteroatoms. The first-order valence-corrected chi connectivity index (χ1v) is 8.87. The zero-order valence-electron chi connectivity index (χ0n) is 12.4. The summed E-state index contributed by atoms with van der Waals surface area (Å²) >= 11 is 0. The SMILES string of the molecule is O=C(O)c1nn(-c2ccccc2)c2c1CS(=O)(=O)c1ccccc1-2. The van der Waals surface area contributed by atoms with Gasteiger partial charge in [0.05, 0.1) is 22.0 Å². The average molecular weight is 340 g/mol. The van der Waals surface area contributed by atoms with Crippen molar-refractivity contribution in [3.8, 4) is 16.9 Å². The normalized spacial score (nSPS) is 14.7. The Hall–Kier alpha value is -2.93. The van der Waals surface area contributed by atoms with Gasteiger partial charge < -0.3 is 5.11 Å². The highest BCUT2D eigenvalue weighted by Crippen LogP contribution is 2.40. The molecule has 0 radical (unpaired) electrons. The maximum atomic E-state index is 12.5. The first kappa shape index (κ1) is 14.6. The second-order valence-corrected chi connectivity index (χ2v) is 7.44. The molecule has 0 spiro atoms. The Kier molecular flexibility index (Phi) is 3.07. The van der Waals surface area contributed by atoms with E-state index in [1.165, 1.54) is 10.7 Å². The van der Waals surface area contributed by atoms with Crippen LogP contribution in [0.3, 0.4) is 0 Å². The van der Waals surface area contributed by atoms with Crippen LogP contribution >= 0.6 is 0 Å². The van der Waals surface area contributed by atoms with Gasteiger partial charge in [0, 0.05) is 11.1 Å². The van der Waals surface area contributed by atoms with Crippen LogP contribution in [0.2, 0.25) is 0 Å². The molecule has 6 nitrogen and oxygen atoms in total. The number of aromatic nitrogens is 2. The Balaban J connectivity index is 2.12. The van der Waals surface area contributed by atoms with Crippen molar-refractivity contribution in [1.82, 2.24) is 9.78 Å². The molecule has 3 aromatic rings. The highest BCUT2D eigenvalue weighted by Gasteiger charge is 2.35. The van der Waals surface area contributed by atoms with E-state index in [2.05, 4.69) is 5.10 Å². The molecule has 0 saturated carbocycles. The van der Waals surface area contributed by atoms with E-state index in [-0.39, 0.29) is 21.9 Å². The molecule has 4 rings (SSSR count). The maximum absolute atomic E-state index is 12.5. The molecule has 2 heterocycles. The molecule has 24 heavy (non-hydrogen) atoms. The summed E-state index contributed by atoms with van der Waals surface area (Å²) in [6, 6.07) is 15.7. The Morgan fingerprint density at radius 1 is 1.04 bits per heavy atom. The number of hydrogen-bond donors (Lipinski definition) is 1. The molecular formula is C17H12N2O4S. The van der Waals surface area contributed by atoms with Gasteiger partial charge in [0.25, 0.3) is 0 Å². The Morgan fingerprint density at radius 2 is 1.71 bits per heavy atom. The highest BCUT2D eigenvalue weighted by atomic mass is 32.2. The van der Waals surface area contributed by atoms with Crippen LogP contribution in [0, 0.1) is 0 Å². The Morgan fingerprint density at radius 3 is 2.42 bits per heavy atom. The van der Waals surface area contributed by atoms with Gasteiger partial charge in [0.15, 0.2) is 15.5 Å². The minimum atomic E-state index is -3.60. The van der Waals surface area contributed by atoms with Gasteiger partial charge in [-0.15, -0.1) is 0 Å². The fourth-order valence-corrected chi connectivity index (χ4v) is 4.59. The fraction of sp³-hybridized carbons (Fsp3) is 0.0588. The zero-order chi connectivity index (χ0) is 16.9. The number of aromatic carboxylic acids is 1. The standard InChI is InChI=1S/C17H12N2O4S/c20-17(21)15-13-10-24(22,23)14-9-5-4-8-12(14)16(13)19(18-15)11-6-2-1-3-7-11/h1-9H,10H2,(H,20,21). The molecule has 1 aliphatic heterocycles. The van der Waals surface area contributed by atoms with Crippen molar-refractivity contribution in [2.24, 2.45) is 0 Å². The summed E-state index contributed by atoms with van der Waals surface area (Å²) in [6.45, 7) is 0. The van der Waals surface area contributed by atoms with Crippen LogP contribution in [0.5, 0.6) is 0 Å². The quantitative estimate of drug-likeness (QED) is 0.774. The van der Waals surface area contributed by atoms with Crippen LogP contribution in [0.25, 0.3) is 16.9 Å². The van der Waals surface area contributed by atoms with Crippen molar-refractivity contribution in [2.75, 3.05) is 0 Å². The van der Waals surface area contributed by atoms with E-state index >= 15 is 0 Å². The molecule has 0 aliphatic carbocycles. The molecular weight excluding hydrogens is 328 g/mol. The van der Waals surface area contributed by atoms with E-state index in [0.717, 1.165) is 0 Å². The fourth-order valence-electron chi connectivity index (χ4n) is 2.99. The molecule has 1 N–H and O–H groups in total.